The van der Waals surface area contributed by atoms with Gasteiger partial charge in [-0.05, 0) is 17.7 Å². The van der Waals surface area contributed by atoms with Gasteiger partial charge in [-0.1, -0.05) is 12.1 Å². The van der Waals surface area contributed by atoms with Crippen molar-refractivity contribution in [3.8, 4) is 0 Å². The number of hydrogen-bond donors (Lipinski definition) is 1. The molecule has 1 aromatic carbocycles. The second kappa shape index (κ2) is 3.86. The van der Waals surface area contributed by atoms with Crippen molar-refractivity contribution in [1.82, 2.24) is 5.32 Å². The second-order valence-corrected chi connectivity index (χ2v) is 3.16. The summed E-state index contributed by atoms with van der Waals surface area (Å²) in [5, 5.41) is 2.96. The molecule has 1 saturated heterocycles. The smallest absolute Gasteiger partial charge is 0.165 e. The highest BCUT2D eigenvalue weighted by Gasteiger charge is 2.24. The lowest BCUT2D eigenvalue weighted by molar-refractivity contribution is -0.116. The number of halogens is 1. The molecule has 1 unspecified atom stereocenters. The van der Waals surface area contributed by atoms with Crippen molar-refractivity contribution in [2.24, 2.45) is 0 Å². The van der Waals surface area contributed by atoms with Gasteiger partial charge < -0.3 is 4.74 Å². The Morgan fingerprint density at radius 2 is 2.14 bits per heavy atom. The average Bonchev–Trinajstić information content (AvgIpc) is 2.67. The van der Waals surface area contributed by atoms with Crippen LogP contribution in [0.25, 0.3) is 0 Å². The van der Waals surface area contributed by atoms with E-state index in [9.17, 15) is 9.18 Å². The largest absolute Gasteiger partial charge is 0.354 e. The van der Waals surface area contributed by atoms with Gasteiger partial charge in [-0.25, -0.2) is 4.39 Å². The fourth-order valence-electron chi connectivity index (χ4n) is 1.46. The summed E-state index contributed by atoms with van der Waals surface area (Å²) >= 11 is 0. The fourth-order valence-corrected chi connectivity index (χ4v) is 1.46. The van der Waals surface area contributed by atoms with E-state index in [0.29, 0.717) is 12.9 Å². The molecule has 3 nitrogen and oxygen atoms in total. The van der Waals surface area contributed by atoms with Gasteiger partial charge in [0.15, 0.2) is 12.5 Å². The summed E-state index contributed by atoms with van der Waals surface area (Å²) in [5.41, 5.74) is 0.927. The van der Waals surface area contributed by atoms with Crippen molar-refractivity contribution in [3.05, 3.63) is 35.6 Å². The minimum atomic E-state index is -0.537. The van der Waals surface area contributed by atoms with Crippen LogP contribution in [0, 0.1) is 5.82 Å². The summed E-state index contributed by atoms with van der Waals surface area (Å²) in [6, 6.07) is 6.13. The van der Waals surface area contributed by atoms with Gasteiger partial charge >= 0.3 is 0 Å². The molecule has 74 valence electrons. The van der Waals surface area contributed by atoms with Gasteiger partial charge in [0, 0.05) is 0 Å². The van der Waals surface area contributed by atoms with E-state index in [1.54, 1.807) is 12.1 Å². The van der Waals surface area contributed by atoms with Crippen LogP contribution in [0.2, 0.25) is 0 Å². The molecule has 0 saturated carbocycles. The van der Waals surface area contributed by atoms with Crippen LogP contribution in [0.15, 0.2) is 24.3 Å². The van der Waals surface area contributed by atoms with E-state index >= 15 is 0 Å². The highest BCUT2D eigenvalue weighted by Crippen LogP contribution is 2.19. The number of benzene rings is 1. The molecule has 14 heavy (non-hydrogen) atoms. The molecule has 1 fully saturated rings. The molecule has 1 aromatic rings. The zero-order chi connectivity index (χ0) is 9.97. The van der Waals surface area contributed by atoms with Gasteiger partial charge in [0.25, 0.3) is 0 Å². The molecule has 0 aromatic heterocycles. The Morgan fingerprint density at radius 1 is 1.43 bits per heavy atom. The number of nitrogens with one attached hydrogen (secondary N) is 1. The van der Waals surface area contributed by atoms with Crippen molar-refractivity contribution in [2.45, 2.75) is 12.3 Å². The first-order valence-corrected chi connectivity index (χ1v) is 4.38. The molecule has 2 rings (SSSR count). The zero-order valence-electron chi connectivity index (χ0n) is 7.44. The summed E-state index contributed by atoms with van der Waals surface area (Å²) in [5.74, 6) is -0.264. The number of ether oxygens (including phenoxy) is 1. The predicted molar refractivity (Wildman–Crippen MR) is 48.1 cm³/mol. The predicted octanol–water partition coefficient (Wildman–Crippen LogP) is 1.01. The lowest BCUT2D eigenvalue weighted by Gasteiger charge is -2.08. The number of rotatable bonds is 2. The molecular formula is C10H10FNO2. The van der Waals surface area contributed by atoms with Gasteiger partial charge in [0.2, 0.25) is 0 Å². The van der Waals surface area contributed by atoms with E-state index in [4.69, 9.17) is 4.74 Å². The molecule has 2 atom stereocenters. The first kappa shape index (κ1) is 9.30. The summed E-state index contributed by atoms with van der Waals surface area (Å²) in [4.78, 5) is 10.4. The van der Waals surface area contributed by atoms with E-state index in [0.717, 1.165) is 5.56 Å². The molecule has 0 radical (unpaired) electrons. The monoisotopic (exact) mass is 195 g/mol. The highest BCUT2D eigenvalue weighted by atomic mass is 19.1. The molecule has 0 spiro atoms. The van der Waals surface area contributed by atoms with Gasteiger partial charge in [-0.3, -0.25) is 10.1 Å². The van der Waals surface area contributed by atoms with Crippen molar-refractivity contribution in [3.63, 3.8) is 0 Å². The minimum absolute atomic E-state index is 0.0224. The molecule has 0 bridgehead atoms. The van der Waals surface area contributed by atoms with Gasteiger partial charge in [0.1, 0.15) is 5.82 Å². The number of carbonyl (C=O) groups excluding carboxylic acids is 1. The molecule has 1 aliphatic heterocycles. The lowest BCUT2D eigenvalue weighted by Crippen LogP contribution is -2.26. The Bertz CT molecular complexity index is 325. The Hall–Kier alpha value is -1.26. The van der Waals surface area contributed by atoms with E-state index in [1.807, 2.05) is 0 Å². The standard InChI is InChI=1S/C10H10FNO2/c11-8-3-1-7(2-4-8)9-6-14-10(5-13)12-9/h1-5,9-10,12H,6H2/t9-,10?/m0/s1. The number of carbonyl (C=O) groups is 1. The van der Waals surface area contributed by atoms with Crippen LogP contribution in [0.5, 0.6) is 0 Å². The van der Waals surface area contributed by atoms with E-state index < -0.39 is 6.23 Å². The summed E-state index contributed by atoms with van der Waals surface area (Å²) in [7, 11) is 0. The number of aldehydes is 1. The molecule has 4 heteroatoms. The molecule has 1 N–H and O–H groups in total. The topological polar surface area (TPSA) is 38.3 Å². The first-order valence-electron chi connectivity index (χ1n) is 4.38. The minimum Gasteiger partial charge on any atom is -0.354 e. The van der Waals surface area contributed by atoms with E-state index in [-0.39, 0.29) is 11.9 Å². The van der Waals surface area contributed by atoms with E-state index in [1.165, 1.54) is 12.1 Å². The third kappa shape index (κ3) is 1.81. The van der Waals surface area contributed by atoms with Gasteiger partial charge in [-0.2, -0.15) is 0 Å². The van der Waals surface area contributed by atoms with Crippen molar-refractivity contribution < 1.29 is 13.9 Å². The highest BCUT2D eigenvalue weighted by molar-refractivity contribution is 5.56. The fraction of sp³-hybridized carbons (Fsp3) is 0.300. The maximum Gasteiger partial charge on any atom is 0.165 e. The molecule has 1 aliphatic rings. The molecular weight excluding hydrogens is 185 g/mol. The van der Waals surface area contributed by atoms with Crippen molar-refractivity contribution >= 4 is 6.29 Å². The normalized spacial score (nSPS) is 26.4. The molecule has 0 amide bonds. The Labute approximate surface area is 80.9 Å². The second-order valence-electron chi connectivity index (χ2n) is 3.16. The SMILES string of the molecule is O=CC1N[C@H](c2ccc(F)cc2)CO1. The maximum atomic E-state index is 12.6. The van der Waals surface area contributed by atoms with Crippen LogP contribution >= 0.6 is 0 Å². The van der Waals surface area contributed by atoms with Crippen LogP contribution in [0.3, 0.4) is 0 Å². The van der Waals surface area contributed by atoms with E-state index in [2.05, 4.69) is 5.32 Å². The summed E-state index contributed by atoms with van der Waals surface area (Å²) < 4.78 is 17.7. The Morgan fingerprint density at radius 3 is 2.71 bits per heavy atom. The van der Waals surface area contributed by atoms with Crippen LogP contribution in [0.4, 0.5) is 4.39 Å². The third-order valence-electron chi connectivity index (χ3n) is 2.20. The quantitative estimate of drug-likeness (QED) is 0.716. The van der Waals surface area contributed by atoms with Crippen molar-refractivity contribution in [2.75, 3.05) is 6.61 Å². The van der Waals surface area contributed by atoms with Gasteiger partial charge in [-0.15, -0.1) is 0 Å². The average molecular weight is 195 g/mol. The maximum absolute atomic E-state index is 12.6. The zero-order valence-corrected chi connectivity index (χ0v) is 7.44. The van der Waals surface area contributed by atoms with Crippen molar-refractivity contribution in [1.29, 1.82) is 0 Å². The molecule has 1 heterocycles. The summed E-state index contributed by atoms with van der Waals surface area (Å²) in [6.45, 7) is 0.440. The summed E-state index contributed by atoms with van der Waals surface area (Å²) in [6.07, 6.45) is 0.175. The Kier molecular flexibility index (Phi) is 2.56. The van der Waals surface area contributed by atoms with Crippen LogP contribution < -0.4 is 5.32 Å². The lowest BCUT2D eigenvalue weighted by atomic mass is 10.1. The first-order chi connectivity index (χ1) is 6.79. The Balaban J connectivity index is 2.09. The van der Waals surface area contributed by atoms with Crippen LogP contribution in [0.1, 0.15) is 11.6 Å². The third-order valence-corrected chi connectivity index (χ3v) is 2.20. The van der Waals surface area contributed by atoms with Crippen LogP contribution in [-0.2, 0) is 9.53 Å². The van der Waals surface area contributed by atoms with Gasteiger partial charge in [0.05, 0.1) is 12.6 Å². The molecule has 0 aliphatic carbocycles. The van der Waals surface area contributed by atoms with Crippen LogP contribution in [-0.4, -0.2) is 19.1 Å². The number of hydrogen-bond acceptors (Lipinski definition) is 3.